The third-order valence-corrected chi connectivity index (χ3v) is 9.62. The number of anilines is 1. The number of rotatable bonds is 13. The van der Waals surface area contributed by atoms with Gasteiger partial charge in [0.05, 0.1) is 17.7 Å². The van der Waals surface area contributed by atoms with Gasteiger partial charge in [0.15, 0.2) is 0 Å². The Labute approximate surface area is 274 Å². The molecule has 0 saturated carbocycles. The number of hydrogen-bond donors (Lipinski definition) is 1. The molecule has 0 spiro atoms. The van der Waals surface area contributed by atoms with Crippen LogP contribution in [-0.2, 0) is 32.6 Å². The Hall–Kier alpha value is -4.15. The molecule has 4 aromatic rings. The Morgan fingerprint density at radius 2 is 1.53 bits per heavy atom. The average Bonchev–Trinajstić information content (AvgIpc) is 3.02. The minimum absolute atomic E-state index is 0.0348. The van der Waals surface area contributed by atoms with Crippen LogP contribution in [0.25, 0.3) is 0 Å². The highest BCUT2D eigenvalue weighted by Crippen LogP contribution is 2.34. The van der Waals surface area contributed by atoms with Crippen LogP contribution in [0.2, 0.25) is 0 Å². The van der Waals surface area contributed by atoms with Crippen molar-refractivity contribution in [3.63, 3.8) is 0 Å². The summed E-state index contributed by atoms with van der Waals surface area (Å²) in [7, 11) is -2.79. The molecule has 8 nitrogen and oxygen atoms in total. The maximum Gasteiger partial charge on any atom is 0.264 e. The molecule has 1 N–H and O–H groups in total. The van der Waals surface area contributed by atoms with E-state index in [1.54, 1.807) is 24.3 Å². The second kappa shape index (κ2) is 15.2. The summed E-state index contributed by atoms with van der Waals surface area (Å²) in [5.74, 6) is -0.570. The molecule has 0 fully saturated rings. The van der Waals surface area contributed by atoms with Crippen molar-refractivity contribution in [3.8, 4) is 5.75 Å². The number of nitrogens with one attached hydrogen (secondary N) is 1. The zero-order valence-electron chi connectivity index (χ0n) is 25.9. The van der Waals surface area contributed by atoms with E-state index in [0.717, 1.165) is 31.0 Å². The molecule has 0 radical (unpaired) electrons. The highest BCUT2D eigenvalue weighted by Gasteiger charge is 2.35. The molecule has 2 amide bonds. The van der Waals surface area contributed by atoms with Gasteiger partial charge in [0.25, 0.3) is 10.0 Å². The van der Waals surface area contributed by atoms with E-state index >= 15 is 0 Å². The first-order valence-electron chi connectivity index (χ1n) is 14.6. The summed E-state index contributed by atoms with van der Waals surface area (Å²) in [6.45, 7) is 5.42. The Balaban J connectivity index is 1.85. The molecule has 1 atom stereocenters. The van der Waals surface area contributed by atoms with Crippen LogP contribution >= 0.6 is 15.9 Å². The van der Waals surface area contributed by atoms with Crippen molar-refractivity contribution in [3.05, 3.63) is 124 Å². The lowest BCUT2D eigenvalue weighted by atomic mass is 10.0. The van der Waals surface area contributed by atoms with Gasteiger partial charge >= 0.3 is 0 Å². The van der Waals surface area contributed by atoms with Gasteiger partial charge in [-0.3, -0.25) is 13.9 Å². The number of benzene rings is 4. The Morgan fingerprint density at radius 1 is 0.867 bits per heavy atom. The second-order valence-electron chi connectivity index (χ2n) is 10.8. The van der Waals surface area contributed by atoms with Crippen molar-refractivity contribution in [2.75, 3.05) is 24.5 Å². The molecular weight excluding hydrogens is 654 g/mol. The number of methoxy groups -OCH3 is 1. The van der Waals surface area contributed by atoms with E-state index in [-0.39, 0.29) is 29.5 Å². The molecule has 4 aromatic carbocycles. The lowest BCUT2D eigenvalue weighted by Crippen LogP contribution is -2.53. The lowest BCUT2D eigenvalue weighted by Gasteiger charge is -2.34. The number of nitrogens with zero attached hydrogens (tertiary/aromatic N) is 2. The minimum Gasteiger partial charge on any atom is -0.495 e. The number of carbonyl (C=O) groups excluding carboxylic acids is 2. The molecule has 0 aliphatic heterocycles. The van der Waals surface area contributed by atoms with Crippen LogP contribution < -0.4 is 14.4 Å². The quantitative estimate of drug-likeness (QED) is 0.184. The summed E-state index contributed by atoms with van der Waals surface area (Å²) >= 11 is 3.50. The van der Waals surface area contributed by atoms with Crippen LogP contribution in [0.3, 0.4) is 0 Å². The van der Waals surface area contributed by atoms with Crippen LogP contribution in [0.4, 0.5) is 5.69 Å². The predicted octanol–water partition coefficient (Wildman–Crippen LogP) is 6.05. The van der Waals surface area contributed by atoms with Crippen molar-refractivity contribution in [2.45, 2.75) is 44.7 Å². The van der Waals surface area contributed by atoms with Crippen molar-refractivity contribution >= 4 is 43.5 Å². The third kappa shape index (κ3) is 8.52. The molecule has 0 heterocycles. The molecule has 0 unspecified atom stereocenters. The van der Waals surface area contributed by atoms with Crippen molar-refractivity contribution in [1.82, 2.24) is 10.2 Å². The first-order valence-corrected chi connectivity index (χ1v) is 16.9. The maximum atomic E-state index is 14.6. The fourth-order valence-electron chi connectivity index (χ4n) is 5.02. The zero-order valence-corrected chi connectivity index (χ0v) is 28.3. The molecular formula is C35H38BrN3O5S. The van der Waals surface area contributed by atoms with Crippen LogP contribution in [0, 0.1) is 13.8 Å². The highest BCUT2D eigenvalue weighted by atomic mass is 79.9. The second-order valence-corrected chi connectivity index (χ2v) is 13.5. The Kier molecular flexibility index (Phi) is 11.4. The van der Waals surface area contributed by atoms with Crippen LogP contribution in [0.1, 0.15) is 29.2 Å². The van der Waals surface area contributed by atoms with E-state index in [1.165, 1.54) is 24.1 Å². The molecule has 0 aromatic heterocycles. The number of halogens is 1. The Morgan fingerprint density at radius 3 is 2.18 bits per heavy atom. The van der Waals surface area contributed by atoms with Crippen LogP contribution in [0.15, 0.2) is 106 Å². The number of ether oxygens (including phenoxy) is 1. The molecule has 0 aliphatic carbocycles. The summed E-state index contributed by atoms with van der Waals surface area (Å²) in [5.41, 5.74) is 3.56. The molecule has 0 aliphatic rings. The zero-order chi connectivity index (χ0) is 32.6. The van der Waals surface area contributed by atoms with E-state index in [2.05, 4.69) is 21.2 Å². The third-order valence-electron chi connectivity index (χ3n) is 7.35. The van der Waals surface area contributed by atoms with E-state index in [4.69, 9.17) is 4.74 Å². The van der Waals surface area contributed by atoms with Gasteiger partial charge in [0.1, 0.15) is 18.3 Å². The highest BCUT2D eigenvalue weighted by molar-refractivity contribution is 9.10. The summed E-state index contributed by atoms with van der Waals surface area (Å²) < 4.78 is 36.1. The van der Waals surface area contributed by atoms with Gasteiger partial charge in [-0.25, -0.2) is 8.42 Å². The number of amides is 2. The summed E-state index contributed by atoms with van der Waals surface area (Å²) in [5, 5.41) is 2.88. The van der Waals surface area contributed by atoms with Crippen LogP contribution in [0.5, 0.6) is 5.75 Å². The standard InChI is InChI=1S/C35H38BrN3O5S/c1-5-37-35(41)32(22-27-10-7-6-8-11-27)38(23-28-12-9-13-29(36)21-28)34(40)24-39(31-20-26(3)16-19-33(31)44-4)45(42,43)30-17-14-25(2)15-18-30/h6-21,32H,5,22-24H2,1-4H3,(H,37,41)/t32-/m1/s1. The largest absolute Gasteiger partial charge is 0.495 e. The molecule has 236 valence electrons. The van der Waals surface area contributed by atoms with Gasteiger partial charge in [-0.15, -0.1) is 0 Å². The van der Waals surface area contributed by atoms with Crippen LogP contribution in [-0.4, -0.2) is 51.4 Å². The van der Waals surface area contributed by atoms with Crippen molar-refractivity contribution < 1.29 is 22.7 Å². The normalized spacial score (nSPS) is 11.8. The van der Waals surface area contributed by atoms with E-state index in [0.29, 0.717) is 12.3 Å². The van der Waals surface area contributed by atoms with Crippen molar-refractivity contribution in [1.29, 1.82) is 0 Å². The fraction of sp³-hybridized carbons (Fsp3) is 0.257. The number of aryl methyl sites for hydroxylation is 2. The fourth-order valence-corrected chi connectivity index (χ4v) is 6.89. The number of sulfonamides is 1. The molecule has 10 heteroatoms. The molecule has 4 rings (SSSR count). The first kappa shape index (κ1) is 33.7. The summed E-state index contributed by atoms with van der Waals surface area (Å²) in [6, 6.07) is 27.7. The summed E-state index contributed by atoms with van der Waals surface area (Å²) in [6.07, 6.45) is 0.241. The number of likely N-dealkylation sites (N-methyl/N-ethyl adjacent to an activating group) is 1. The van der Waals surface area contributed by atoms with Gasteiger partial charge in [-0.2, -0.15) is 0 Å². The first-order chi connectivity index (χ1) is 21.5. The predicted molar refractivity (Wildman–Crippen MR) is 181 cm³/mol. The van der Waals surface area contributed by atoms with Gasteiger partial charge in [0.2, 0.25) is 11.8 Å². The monoisotopic (exact) mass is 691 g/mol. The van der Waals surface area contributed by atoms with Gasteiger partial charge in [-0.05, 0) is 73.9 Å². The van der Waals surface area contributed by atoms with Gasteiger partial charge in [0, 0.05) is 24.0 Å². The Bertz CT molecular complexity index is 1730. The van der Waals surface area contributed by atoms with E-state index in [9.17, 15) is 18.0 Å². The molecule has 0 saturated heterocycles. The van der Waals surface area contributed by atoms with Crippen molar-refractivity contribution in [2.24, 2.45) is 0 Å². The number of hydrogen-bond acceptors (Lipinski definition) is 5. The average molecular weight is 693 g/mol. The topological polar surface area (TPSA) is 96.0 Å². The SMILES string of the molecule is CCNC(=O)[C@@H](Cc1ccccc1)N(Cc1cccc(Br)c1)C(=O)CN(c1cc(C)ccc1OC)S(=O)(=O)c1ccc(C)cc1. The minimum atomic E-state index is -4.25. The maximum absolute atomic E-state index is 14.6. The van der Waals surface area contributed by atoms with Gasteiger partial charge < -0.3 is 15.0 Å². The lowest BCUT2D eigenvalue weighted by molar-refractivity contribution is -0.140. The smallest absolute Gasteiger partial charge is 0.264 e. The van der Waals surface area contributed by atoms with Gasteiger partial charge in [-0.1, -0.05) is 82.2 Å². The number of carbonyl (C=O) groups is 2. The van der Waals surface area contributed by atoms with E-state index in [1.807, 2.05) is 81.4 Å². The molecule has 0 bridgehead atoms. The molecule has 45 heavy (non-hydrogen) atoms. The van der Waals surface area contributed by atoms with E-state index < -0.39 is 28.5 Å². The summed E-state index contributed by atoms with van der Waals surface area (Å²) in [4.78, 5) is 29.7.